The SMILES string of the molecule is CCCC(C(=O)O)C1C(=O)NC(S)N=C1C. The highest BCUT2D eigenvalue weighted by molar-refractivity contribution is 7.80. The maximum Gasteiger partial charge on any atom is 0.307 e. The van der Waals surface area contributed by atoms with E-state index >= 15 is 0 Å². The van der Waals surface area contributed by atoms with Crippen LogP contribution in [0, 0.1) is 11.8 Å². The number of carbonyl (C=O) groups excluding carboxylic acids is 1. The molecule has 0 aliphatic carbocycles. The fourth-order valence-electron chi connectivity index (χ4n) is 1.93. The Morgan fingerprint density at radius 2 is 2.31 bits per heavy atom. The molecule has 1 aliphatic heterocycles. The predicted molar refractivity (Wildman–Crippen MR) is 63.5 cm³/mol. The summed E-state index contributed by atoms with van der Waals surface area (Å²) in [6, 6.07) is 0. The lowest BCUT2D eigenvalue weighted by Crippen LogP contribution is -2.48. The van der Waals surface area contributed by atoms with Crippen LogP contribution >= 0.6 is 12.6 Å². The summed E-state index contributed by atoms with van der Waals surface area (Å²) in [6.45, 7) is 3.57. The van der Waals surface area contributed by atoms with Crippen LogP contribution in [0.25, 0.3) is 0 Å². The average Bonchev–Trinajstić information content (AvgIpc) is 2.14. The van der Waals surface area contributed by atoms with E-state index in [1.165, 1.54) is 0 Å². The normalized spacial score (nSPS) is 26.9. The topological polar surface area (TPSA) is 78.8 Å². The van der Waals surface area contributed by atoms with Crippen molar-refractivity contribution in [3.8, 4) is 0 Å². The summed E-state index contributed by atoms with van der Waals surface area (Å²) < 4.78 is 0. The maximum absolute atomic E-state index is 11.7. The minimum absolute atomic E-state index is 0.298. The number of nitrogens with zero attached hydrogens (tertiary/aromatic N) is 1. The monoisotopic (exact) mass is 244 g/mol. The van der Waals surface area contributed by atoms with Crippen LogP contribution in [0.1, 0.15) is 26.7 Å². The van der Waals surface area contributed by atoms with Crippen molar-refractivity contribution >= 4 is 30.2 Å². The van der Waals surface area contributed by atoms with Crippen LogP contribution < -0.4 is 5.32 Å². The van der Waals surface area contributed by atoms with E-state index in [2.05, 4.69) is 22.9 Å². The van der Waals surface area contributed by atoms with Gasteiger partial charge in [0.15, 0.2) is 5.50 Å². The fraction of sp³-hybridized carbons (Fsp3) is 0.700. The first-order valence-electron chi connectivity index (χ1n) is 5.23. The number of amides is 1. The van der Waals surface area contributed by atoms with Crippen LogP contribution in [-0.4, -0.2) is 28.2 Å². The molecule has 0 aromatic heterocycles. The Hall–Kier alpha value is -1.04. The van der Waals surface area contributed by atoms with Gasteiger partial charge >= 0.3 is 5.97 Å². The third-order valence-electron chi connectivity index (χ3n) is 2.65. The molecule has 1 amide bonds. The molecule has 0 saturated heterocycles. The van der Waals surface area contributed by atoms with E-state index in [0.29, 0.717) is 12.1 Å². The molecule has 0 fully saturated rings. The molecular formula is C10H16N2O3S. The molecular weight excluding hydrogens is 228 g/mol. The Balaban J connectivity index is 2.95. The first-order chi connectivity index (χ1) is 7.47. The van der Waals surface area contributed by atoms with Gasteiger partial charge in [0.25, 0.3) is 0 Å². The average molecular weight is 244 g/mol. The summed E-state index contributed by atoms with van der Waals surface area (Å²) in [5.74, 6) is -2.61. The number of hydrogen-bond acceptors (Lipinski definition) is 4. The predicted octanol–water partition coefficient (Wildman–Crippen LogP) is 0.908. The van der Waals surface area contributed by atoms with Crippen molar-refractivity contribution in [1.29, 1.82) is 0 Å². The lowest BCUT2D eigenvalue weighted by molar-refractivity contribution is -0.146. The van der Waals surface area contributed by atoms with Crippen molar-refractivity contribution in [2.45, 2.75) is 32.2 Å². The largest absolute Gasteiger partial charge is 0.481 e. The number of rotatable bonds is 4. The second-order valence-electron chi connectivity index (χ2n) is 3.86. The Kier molecular flexibility index (Phi) is 4.35. The number of carboxylic acids is 1. The van der Waals surface area contributed by atoms with Crippen molar-refractivity contribution in [3.63, 3.8) is 0 Å². The minimum atomic E-state index is -0.950. The maximum atomic E-state index is 11.7. The van der Waals surface area contributed by atoms with Crippen LogP contribution in [0.15, 0.2) is 4.99 Å². The third kappa shape index (κ3) is 2.75. The van der Waals surface area contributed by atoms with Crippen molar-refractivity contribution in [3.05, 3.63) is 0 Å². The molecule has 0 aromatic rings. The van der Waals surface area contributed by atoms with Crippen LogP contribution in [0.5, 0.6) is 0 Å². The zero-order valence-corrected chi connectivity index (χ0v) is 10.2. The van der Waals surface area contributed by atoms with Gasteiger partial charge in [-0.25, -0.2) is 0 Å². The molecule has 5 nitrogen and oxygen atoms in total. The molecule has 0 radical (unpaired) electrons. The van der Waals surface area contributed by atoms with Gasteiger partial charge in [0.2, 0.25) is 5.91 Å². The van der Waals surface area contributed by atoms with E-state index in [1.54, 1.807) is 6.92 Å². The van der Waals surface area contributed by atoms with Crippen LogP contribution in [0.3, 0.4) is 0 Å². The smallest absolute Gasteiger partial charge is 0.307 e. The Labute approximate surface area is 99.7 Å². The van der Waals surface area contributed by atoms with Gasteiger partial charge in [0.05, 0.1) is 11.8 Å². The lowest BCUT2D eigenvalue weighted by Gasteiger charge is -2.28. The highest BCUT2D eigenvalue weighted by atomic mass is 32.1. The highest BCUT2D eigenvalue weighted by Gasteiger charge is 2.38. The molecule has 0 spiro atoms. The molecule has 2 N–H and O–H groups in total. The quantitative estimate of drug-likeness (QED) is 0.643. The highest BCUT2D eigenvalue weighted by Crippen LogP contribution is 2.23. The summed E-state index contributed by atoms with van der Waals surface area (Å²) in [4.78, 5) is 26.9. The van der Waals surface area contributed by atoms with E-state index in [4.69, 9.17) is 5.11 Å². The number of aliphatic imine (C=N–C) groups is 1. The van der Waals surface area contributed by atoms with E-state index in [-0.39, 0.29) is 5.91 Å². The molecule has 3 atom stereocenters. The van der Waals surface area contributed by atoms with Gasteiger partial charge in [-0.1, -0.05) is 13.3 Å². The number of carbonyl (C=O) groups is 2. The van der Waals surface area contributed by atoms with Crippen molar-refractivity contribution in [2.75, 3.05) is 0 Å². The van der Waals surface area contributed by atoms with Gasteiger partial charge in [0.1, 0.15) is 0 Å². The summed E-state index contributed by atoms with van der Waals surface area (Å²) >= 11 is 4.03. The molecule has 0 saturated carbocycles. The zero-order valence-electron chi connectivity index (χ0n) is 9.30. The first kappa shape index (κ1) is 13.0. The lowest BCUT2D eigenvalue weighted by atomic mass is 9.84. The number of hydrogen-bond donors (Lipinski definition) is 3. The molecule has 1 heterocycles. The molecule has 1 rings (SSSR count). The minimum Gasteiger partial charge on any atom is -0.481 e. The van der Waals surface area contributed by atoms with Crippen molar-refractivity contribution < 1.29 is 14.7 Å². The Bertz CT molecular complexity index is 330. The van der Waals surface area contributed by atoms with Crippen LogP contribution in [0.2, 0.25) is 0 Å². The first-order valence-corrected chi connectivity index (χ1v) is 5.74. The molecule has 3 unspecified atom stereocenters. The van der Waals surface area contributed by atoms with Crippen LogP contribution in [0.4, 0.5) is 0 Å². The molecule has 16 heavy (non-hydrogen) atoms. The molecule has 0 bridgehead atoms. The number of thiol groups is 1. The Morgan fingerprint density at radius 1 is 1.69 bits per heavy atom. The van der Waals surface area contributed by atoms with Gasteiger partial charge in [-0.15, -0.1) is 12.6 Å². The fourth-order valence-corrected chi connectivity index (χ4v) is 2.24. The second-order valence-corrected chi connectivity index (χ2v) is 4.35. The molecule has 90 valence electrons. The zero-order chi connectivity index (χ0) is 12.3. The van der Waals surface area contributed by atoms with Crippen molar-refractivity contribution in [2.24, 2.45) is 16.8 Å². The summed E-state index contributed by atoms with van der Waals surface area (Å²) in [7, 11) is 0. The second kappa shape index (κ2) is 5.34. The Morgan fingerprint density at radius 3 is 2.75 bits per heavy atom. The van der Waals surface area contributed by atoms with Crippen molar-refractivity contribution in [1.82, 2.24) is 5.32 Å². The van der Waals surface area contributed by atoms with E-state index in [0.717, 1.165) is 6.42 Å². The third-order valence-corrected chi connectivity index (χ3v) is 2.89. The number of nitrogens with one attached hydrogen (secondary N) is 1. The number of aliphatic carboxylic acids is 1. The molecule has 0 aromatic carbocycles. The summed E-state index contributed by atoms with van der Waals surface area (Å²) in [5, 5.41) is 11.6. The van der Waals surface area contributed by atoms with Gasteiger partial charge in [0, 0.05) is 5.71 Å². The summed E-state index contributed by atoms with van der Waals surface area (Å²) in [5.41, 5.74) is -0.00979. The van der Waals surface area contributed by atoms with Crippen LogP contribution in [-0.2, 0) is 9.59 Å². The van der Waals surface area contributed by atoms with Gasteiger partial charge in [-0.3, -0.25) is 14.6 Å². The van der Waals surface area contributed by atoms with E-state index in [1.807, 2.05) is 6.92 Å². The summed E-state index contributed by atoms with van der Waals surface area (Å²) in [6.07, 6.45) is 1.19. The van der Waals surface area contributed by atoms with E-state index in [9.17, 15) is 9.59 Å². The van der Waals surface area contributed by atoms with Gasteiger partial charge in [-0.2, -0.15) is 0 Å². The molecule has 6 heteroatoms. The standard InChI is InChI=1S/C10H16N2O3S/c1-3-4-6(9(14)15)7-5(2)11-10(16)12-8(7)13/h6-7,10,16H,3-4H2,1-2H3,(H,12,13)(H,14,15). The number of carboxylic acid groups (broad SMARTS) is 1. The van der Waals surface area contributed by atoms with E-state index < -0.39 is 23.3 Å². The van der Waals surface area contributed by atoms with Gasteiger partial charge < -0.3 is 10.4 Å². The molecule has 1 aliphatic rings. The van der Waals surface area contributed by atoms with Gasteiger partial charge in [-0.05, 0) is 13.3 Å².